The van der Waals surface area contributed by atoms with Crippen molar-refractivity contribution in [2.45, 2.75) is 451 Å². The Morgan fingerprint density at radius 3 is 0.596 bits per heavy atom. The van der Waals surface area contributed by atoms with Crippen LogP contribution in [0.3, 0.4) is 0 Å². The van der Waals surface area contributed by atoms with Crippen molar-refractivity contribution in [1.29, 1.82) is 0 Å². The van der Waals surface area contributed by atoms with Gasteiger partial charge < -0.3 is 33.8 Å². The second-order valence-electron chi connectivity index (χ2n) is 28.8. The number of hydrogen-bond acceptors (Lipinski definition) is 15. The molecule has 0 rings (SSSR count). The van der Waals surface area contributed by atoms with Gasteiger partial charge in [0.05, 0.1) is 26.4 Å². The molecule has 5 atom stereocenters. The third kappa shape index (κ3) is 74.1. The molecule has 588 valence electrons. The lowest BCUT2D eigenvalue weighted by molar-refractivity contribution is -0.161. The summed E-state index contributed by atoms with van der Waals surface area (Å²) in [7, 11) is -9.91. The highest BCUT2D eigenvalue weighted by Crippen LogP contribution is 2.45. The van der Waals surface area contributed by atoms with Crippen LogP contribution in [0.5, 0.6) is 0 Å². The zero-order valence-corrected chi connectivity index (χ0v) is 66.3. The average Bonchev–Trinajstić information content (AvgIpc) is 1.00. The van der Waals surface area contributed by atoms with Crippen molar-refractivity contribution in [3.8, 4) is 0 Å². The molecule has 0 aliphatic rings. The third-order valence-electron chi connectivity index (χ3n) is 18.9. The van der Waals surface area contributed by atoms with Gasteiger partial charge in [0.25, 0.3) is 0 Å². The van der Waals surface area contributed by atoms with Gasteiger partial charge in [0, 0.05) is 25.7 Å². The lowest BCUT2D eigenvalue weighted by Gasteiger charge is -2.21. The predicted molar refractivity (Wildman–Crippen MR) is 405 cm³/mol. The van der Waals surface area contributed by atoms with E-state index in [1.165, 1.54) is 263 Å². The summed E-state index contributed by atoms with van der Waals surface area (Å²) in [6, 6.07) is 0. The summed E-state index contributed by atoms with van der Waals surface area (Å²) in [5.74, 6) is -2.11. The van der Waals surface area contributed by atoms with Crippen LogP contribution in [-0.2, 0) is 65.4 Å². The summed E-state index contributed by atoms with van der Waals surface area (Å²) in [6.07, 6.45) is 66.6. The Hall–Kier alpha value is -1.94. The van der Waals surface area contributed by atoms with Crippen LogP contribution in [0, 0.1) is 0 Å². The normalized spacial score (nSPS) is 13.8. The van der Waals surface area contributed by atoms with Crippen LogP contribution in [0.1, 0.15) is 432 Å². The summed E-state index contributed by atoms with van der Waals surface area (Å²) in [4.78, 5) is 72.9. The second-order valence-corrected chi connectivity index (χ2v) is 31.7. The molecule has 0 amide bonds. The monoisotopic (exact) mass is 1450 g/mol. The van der Waals surface area contributed by atoms with Crippen LogP contribution in [0.25, 0.3) is 0 Å². The number of esters is 4. The van der Waals surface area contributed by atoms with Gasteiger partial charge in [-0.25, -0.2) is 9.13 Å². The molecule has 17 nitrogen and oxygen atoms in total. The Labute approximate surface area is 607 Å². The fourth-order valence-electron chi connectivity index (χ4n) is 12.5. The van der Waals surface area contributed by atoms with Crippen molar-refractivity contribution >= 4 is 39.5 Å². The van der Waals surface area contributed by atoms with E-state index in [4.69, 9.17) is 37.0 Å². The number of carbonyl (C=O) groups is 4. The van der Waals surface area contributed by atoms with Gasteiger partial charge in [0.2, 0.25) is 0 Å². The van der Waals surface area contributed by atoms with Crippen LogP contribution in [-0.4, -0.2) is 96.7 Å². The van der Waals surface area contributed by atoms with E-state index in [9.17, 15) is 43.2 Å². The van der Waals surface area contributed by atoms with Crippen LogP contribution < -0.4 is 0 Å². The maximum absolute atomic E-state index is 13.1. The first-order valence-corrected chi connectivity index (χ1v) is 44.8. The van der Waals surface area contributed by atoms with Gasteiger partial charge in [0.1, 0.15) is 19.3 Å². The molecule has 99 heavy (non-hydrogen) atoms. The van der Waals surface area contributed by atoms with Gasteiger partial charge >= 0.3 is 39.5 Å². The molecular weight excluding hydrogens is 1290 g/mol. The number of ether oxygens (including phenoxy) is 4. The van der Waals surface area contributed by atoms with E-state index in [-0.39, 0.29) is 25.7 Å². The topological polar surface area (TPSA) is 237 Å². The van der Waals surface area contributed by atoms with Gasteiger partial charge in [0.15, 0.2) is 12.2 Å². The van der Waals surface area contributed by atoms with E-state index in [2.05, 4.69) is 27.7 Å². The number of phosphoric ester groups is 2. The zero-order chi connectivity index (χ0) is 72.5. The van der Waals surface area contributed by atoms with Crippen molar-refractivity contribution in [2.24, 2.45) is 0 Å². The Balaban J connectivity index is 5.19. The van der Waals surface area contributed by atoms with E-state index in [1.54, 1.807) is 0 Å². The maximum Gasteiger partial charge on any atom is 0.472 e. The number of unbranched alkanes of at least 4 members (excludes halogenated alkanes) is 55. The molecule has 0 radical (unpaired) electrons. The minimum atomic E-state index is -4.96. The van der Waals surface area contributed by atoms with Crippen LogP contribution in [0.15, 0.2) is 0 Å². The first-order chi connectivity index (χ1) is 48.2. The van der Waals surface area contributed by atoms with Crippen LogP contribution >= 0.6 is 15.6 Å². The van der Waals surface area contributed by atoms with Gasteiger partial charge in [-0.15, -0.1) is 0 Å². The number of aliphatic hydroxyl groups is 1. The number of aliphatic hydroxyl groups excluding tert-OH is 1. The summed E-state index contributed by atoms with van der Waals surface area (Å²) >= 11 is 0. The zero-order valence-electron chi connectivity index (χ0n) is 64.5. The number of phosphoric acid groups is 2. The average molecular weight is 1450 g/mol. The summed E-state index contributed by atoms with van der Waals surface area (Å²) in [5.41, 5.74) is 0. The van der Waals surface area contributed by atoms with E-state index in [1.807, 2.05) is 0 Å². The first-order valence-electron chi connectivity index (χ1n) is 41.8. The van der Waals surface area contributed by atoms with Gasteiger partial charge in [-0.3, -0.25) is 37.3 Å². The molecule has 19 heteroatoms. The molecule has 0 aromatic carbocycles. The number of carbonyl (C=O) groups excluding carboxylic acids is 4. The SMILES string of the molecule is CCCCCCCCCCCCCCCCCCCCCCCCC(=O)O[C@H](COC(=O)CCCCCCCCCCCCCCCC)COP(=O)(O)OC[C@@H](O)COP(=O)(O)OC[C@@H](COC(=O)CCCCCCCCCCCCC)OC(=O)CCCCCCCCCCCCCC. The minimum Gasteiger partial charge on any atom is -0.462 e. The molecule has 0 heterocycles. The van der Waals surface area contributed by atoms with Crippen molar-refractivity contribution < 1.29 is 80.2 Å². The van der Waals surface area contributed by atoms with Gasteiger partial charge in [-0.1, -0.05) is 381 Å². The van der Waals surface area contributed by atoms with Crippen molar-refractivity contribution in [3.05, 3.63) is 0 Å². The van der Waals surface area contributed by atoms with Crippen LogP contribution in [0.2, 0.25) is 0 Å². The summed E-state index contributed by atoms with van der Waals surface area (Å²) < 4.78 is 68.6. The largest absolute Gasteiger partial charge is 0.472 e. The first kappa shape index (κ1) is 97.1. The molecule has 0 aliphatic carbocycles. The number of hydrogen-bond donors (Lipinski definition) is 3. The fourth-order valence-corrected chi connectivity index (χ4v) is 14.0. The highest BCUT2D eigenvalue weighted by molar-refractivity contribution is 7.47. The minimum absolute atomic E-state index is 0.108. The molecule has 0 aromatic heterocycles. The Bertz CT molecular complexity index is 1880. The molecule has 0 bridgehead atoms. The lowest BCUT2D eigenvalue weighted by Crippen LogP contribution is -2.30. The standard InChI is InChI=1S/C80H156O17P2/c1-5-9-13-17-21-25-29-32-34-35-36-37-38-39-40-41-43-47-51-55-59-63-67-80(85)97-76(71-91-78(83)65-61-57-53-49-46-42-33-30-26-22-18-14-10-6-2)73-95-99(88,89)93-69-74(81)68-92-98(86,87)94-72-75(70-90-77(82)64-60-56-52-48-44-28-24-20-16-12-8-4)96-79(84)66-62-58-54-50-45-31-27-23-19-15-11-7-3/h74-76,81H,5-73H2,1-4H3,(H,86,87)(H,88,89)/t74-,75+,76+/m0/s1. The molecule has 0 aromatic rings. The van der Waals surface area contributed by atoms with Crippen LogP contribution in [0.4, 0.5) is 0 Å². The summed E-state index contributed by atoms with van der Waals surface area (Å²) in [5, 5.41) is 10.6. The van der Waals surface area contributed by atoms with E-state index >= 15 is 0 Å². The smallest absolute Gasteiger partial charge is 0.462 e. The fraction of sp³-hybridized carbons (Fsp3) is 0.950. The van der Waals surface area contributed by atoms with Gasteiger partial charge in [-0.2, -0.15) is 0 Å². The Kier molecular flexibility index (Phi) is 72.9. The third-order valence-corrected chi connectivity index (χ3v) is 20.8. The van der Waals surface area contributed by atoms with E-state index < -0.39 is 97.5 Å². The molecule has 0 aliphatic heterocycles. The van der Waals surface area contributed by atoms with Gasteiger partial charge in [-0.05, 0) is 25.7 Å². The molecule has 0 fully saturated rings. The van der Waals surface area contributed by atoms with E-state index in [0.717, 1.165) is 89.9 Å². The molecular formula is C80H156O17P2. The highest BCUT2D eigenvalue weighted by Gasteiger charge is 2.30. The van der Waals surface area contributed by atoms with Crippen molar-refractivity contribution in [3.63, 3.8) is 0 Å². The van der Waals surface area contributed by atoms with E-state index in [0.29, 0.717) is 25.7 Å². The Morgan fingerprint density at radius 1 is 0.242 bits per heavy atom. The van der Waals surface area contributed by atoms with Crippen molar-refractivity contribution in [2.75, 3.05) is 39.6 Å². The molecule has 2 unspecified atom stereocenters. The molecule has 3 N–H and O–H groups in total. The number of rotatable bonds is 81. The van der Waals surface area contributed by atoms with Crippen molar-refractivity contribution in [1.82, 2.24) is 0 Å². The highest BCUT2D eigenvalue weighted by atomic mass is 31.2. The quantitative estimate of drug-likeness (QED) is 0.0222. The molecule has 0 saturated heterocycles. The molecule has 0 saturated carbocycles. The summed E-state index contributed by atoms with van der Waals surface area (Å²) in [6.45, 7) is 5.01. The Morgan fingerprint density at radius 2 is 0.404 bits per heavy atom. The second kappa shape index (κ2) is 74.3. The predicted octanol–water partition coefficient (Wildman–Crippen LogP) is 24.2. The maximum atomic E-state index is 13.1. The lowest BCUT2D eigenvalue weighted by atomic mass is 10.0. The molecule has 0 spiro atoms.